The summed E-state index contributed by atoms with van der Waals surface area (Å²) < 4.78 is 59.7. The largest absolute Gasteiger partial charge is 0.333 e. The monoisotopic (exact) mass is 459 g/mol. The van der Waals surface area contributed by atoms with Crippen LogP contribution in [0, 0.1) is 11.6 Å². The van der Waals surface area contributed by atoms with Gasteiger partial charge < -0.3 is 0 Å². The maximum atomic E-state index is 14.5. The fraction of sp³-hybridized carbons (Fsp3) is 0.238. The molecule has 4 aromatic rings. The first-order valence-electron chi connectivity index (χ1n) is 10.0. The summed E-state index contributed by atoms with van der Waals surface area (Å²) in [4.78, 5) is 13.1. The van der Waals surface area contributed by atoms with Crippen molar-refractivity contribution in [3.05, 3.63) is 76.7 Å². The summed E-state index contributed by atoms with van der Waals surface area (Å²) in [6.45, 7) is 1.75. The van der Waals surface area contributed by atoms with Crippen LogP contribution in [-0.2, 0) is 23.0 Å². The van der Waals surface area contributed by atoms with Gasteiger partial charge in [-0.1, -0.05) is 12.1 Å². The molecule has 0 unspecified atom stereocenters. The van der Waals surface area contributed by atoms with E-state index in [0.29, 0.717) is 23.3 Å². The van der Waals surface area contributed by atoms with Gasteiger partial charge in [0, 0.05) is 42.7 Å². The maximum absolute atomic E-state index is 14.5. The highest BCUT2D eigenvalue weighted by atomic mass is 32.2. The van der Waals surface area contributed by atoms with E-state index in [1.165, 1.54) is 38.0 Å². The van der Waals surface area contributed by atoms with Crippen molar-refractivity contribution in [3.8, 4) is 16.8 Å². The third-order valence-corrected chi connectivity index (χ3v) is 7.11. The van der Waals surface area contributed by atoms with Crippen LogP contribution in [0.15, 0.2) is 53.7 Å². The number of imidazole rings is 1. The van der Waals surface area contributed by atoms with Gasteiger partial charge in [0.2, 0.25) is 10.0 Å². The molecule has 1 aliphatic heterocycles. The van der Waals surface area contributed by atoms with Gasteiger partial charge in [-0.3, -0.25) is 9.13 Å². The number of pyridine rings is 1. The fourth-order valence-corrected chi connectivity index (χ4v) is 5.00. The molecule has 4 heterocycles. The van der Waals surface area contributed by atoms with Crippen LogP contribution < -0.4 is 10.4 Å². The summed E-state index contributed by atoms with van der Waals surface area (Å²) in [5.41, 5.74) is 1.10. The Bertz CT molecular complexity index is 1500. The van der Waals surface area contributed by atoms with Gasteiger partial charge in [-0.25, -0.2) is 31.2 Å². The predicted molar refractivity (Wildman–Crippen MR) is 114 cm³/mol. The lowest BCUT2D eigenvalue weighted by Crippen LogP contribution is -2.38. The molecule has 0 radical (unpaired) electrons. The van der Waals surface area contributed by atoms with Gasteiger partial charge in [-0.05, 0) is 25.1 Å². The Hall–Kier alpha value is -3.31. The zero-order valence-corrected chi connectivity index (χ0v) is 17.8. The van der Waals surface area contributed by atoms with Gasteiger partial charge in [0.05, 0.1) is 28.7 Å². The molecule has 166 valence electrons. The zero-order valence-electron chi connectivity index (χ0n) is 17.0. The van der Waals surface area contributed by atoms with E-state index in [2.05, 4.69) is 9.82 Å². The van der Waals surface area contributed by atoms with Crippen molar-refractivity contribution >= 4 is 15.5 Å². The van der Waals surface area contributed by atoms with E-state index in [1.54, 1.807) is 31.5 Å². The molecule has 1 atom stereocenters. The standard InChI is InChI=1S/C21H19F2N5O3S/c1-2-32(30,31)25-13-9-14-12-27(21(29)26(14)11-13)18-10-24-28-8-4-5-15(20(18)28)19-16(22)6-3-7-17(19)23/h3-8,10,12-13,25H,2,9,11H2,1H3/t13-/m0/s1. The molecular formula is C21H19F2N5O3S. The van der Waals surface area contributed by atoms with Gasteiger partial charge in [-0.2, -0.15) is 5.10 Å². The molecule has 1 aliphatic rings. The fourth-order valence-electron chi connectivity index (χ4n) is 4.17. The molecule has 1 aromatic carbocycles. The highest BCUT2D eigenvalue weighted by Gasteiger charge is 2.29. The summed E-state index contributed by atoms with van der Waals surface area (Å²) in [5.74, 6) is -1.48. The van der Waals surface area contributed by atoms with Crippen molar-refractivity contribution in [2.45, 2.75) is 25.9 Å². The second-order valence-electron chi connectivity index (χ2n) is 7.65. The second-order valence-corrected chi connectivity index (χ2v) is 9.69. The van der Waals surface area contributed by atoms with E-state index in [-0.39, 0.29) is 29.1 Å². The Kier molecular flexibility index (Phi) is 4.75. The number of rotatable bonds is 5. The topological polar surface area (TPSA) is 90.4 Å². The number of hydrogen-bond acceptors (Lipinski definition) is 4. The maximum Gasteiger partial charge on any atom is 0.333 e. The number of hydrogen-bond donors (Lipinski definition) is 1. The molecule has 0 bridgehead atoms. The van der Waals surface area contributed by atoms with Crippen molar-refractivity contribution < 1.29 is 17.2 Å². The Morgan fingerprint density at radius 3 is 2.62 bits per heavy atom. The van der Waals surface area contributed by atoms with E-state index in [0.717, 1.165) is 0 Å². The molecule has 8 nitrogen and oxygen atoms in total. The normalized spacial score (nSPS) is 16.0. The predicted octanol–water partition coefficient (Wildman–Crippen LogP) is 2.10. The highest BCUT2D eigenvalue weighted by Crippen LogP contribution is 2.32. The Balaban J connectivity index is 1.61. The molecular weight excluding hydrogens is 440 g/mol. The molecule has 0 saturated heterocycles. The van der Waals surface area contributed by atoms with E-state index >= 15 is 0 Å². The average molecular weight is 459 g/mol. The van der Waals surface area contributed by atoms with Crippen LogP contribution in [0.4, 0.5) is 8.78 Å². The van der Waals surface area contributed by atoms with E-state index in [4.69, 9.17) is 0 Å². The van der Waals surface area contributed by atoms with Gasteiger partial charge in [-0.15, -0.1) is 0 Å². The van der Waals surface area contributed by atoms with Gasteiger partial charge in [0.15, 0.2) is 0 Å². The molecule has 3 aromatic heterocycles. The second kappa shape index (κ2) is 7.38. The smallest absolute Gasteiger partial charge is 0.294 e. The molecule has 0 spiro atoms. The van der Waals surface area contributed by atoms with Crippen LogP contribution in [0.2, 0.25) is 0 Å². The first kappa shape index (κ1) is 20.6. The first-order chi connectivity index (χ1) is 15.3. The van der Waals surface area contributed by atoms with Crippen LogP contribution >= 0.6 is 0 Å². The van der Waals surface area contributed by atoms with E-state index in [9.17, 15) is 22.0 Å². The summed E-state index contributed by atoms with van der Waals surface area (Å²) in [7, 11) is -3.39. The van der Waals surface area contributed by atoms with Gasteiger partial charge >= 0.3 is 5.69 Å². The van der Waals surface area contributed by atoms with Crippen LogP contribution in [0.1, 0.15) is 12.6 Å². The van der Waals surface area contributed by atoms with Gasteiger partial charge in [0.1, 0.15) is 11.6 Å². The van der Waals surface area contributed by atoms with E-state index in [1.807, 2.05) is 0 Å². The lowest BCUT2D eigenvalue weighted by Gasteiger charge is -2.11. The van der Waals surface area contributed by atoms with Crippen LogP contribution in [-0.4, -0.2) is 39.0 Å². The van der Waals surface area contributed by atoms with E-state index < -0.39 is 27.7 Å². The van der Waals surface area contributed by atoms with Crippen LogP contribution in [0.5, 0.6) is 0 Å². The summed E-state index contributed by atoms with van der Waals surface area (Å²) in [6, 6.07) is 6.44. The molecule has 0 saturated carbocycles. The average Bonchev–Trinajstić information content (AvgIpc) is 3.42. The number of sulfonamides is 1. The summed E-state index contributed by atoms with van der Waals surface area (Å²) in [6.07, 6.45) is 5.07. The molecule has 0 amide bonds. The minimum absolute atomic E-state index is 0.0413. The SMILES string of the molecule is CCS(=O)(=O)N[C@H]1Cc2cn(-c3cnn4cccc(-c5c(F)cccc5F)c34)c(=O)n2C1. The van der Waals surface area contributed by atoms with Crippen molar-refractivity contribution in [3.63, 3.8) is 0 Å². The molecule has 1 N–H and O–H groups in total. The molecule has 11 heteroatoms. The molecule has 5 rings (SSSR count). The zero-order chi connectivity index (χ0) is 22.6. The van der Waals surface area contributed by atoms with Crippen molar-refractivity contribution in [1.82, 2.24) is 23.5 Å². The summed E-state index contributed by atoms with van der Waals surface area (Å²) >= 11 is 0. The minimum Gasteiger partial charge on any atom is -0.294 e. The first-order valence-corrected chi connectivity index (χ1v) is 11.7. The third-order valence-electron chi connectivity index (χ3n) is 5.66. The molecule has 0 fully saturated rings. The summed E-state index contributed by atoms with van der Waals surface area (Å²) in [5, 5.41) is 4.25. The quantitative estimate of drug-likeness (QED) is 0.495. The number of aromatic nitrogens is 4. The van der Waals surface area contributed by atoms with Crippen LogP contribution in [0.25, 0.3) is 22.3 Å². The van der Waals surface area contributed by atoms with Crippen molar-refractivity contribution in [2.75, 3.05) is 5.75 Å². The lowest BCUT2D eigenvalue weighted by molar-refractivity contribution is 0.533. The number of nitrogens with zero attached hydrogens (tertiary/aromatic N) is 4. The highest BCUT2D eigenvalue weighted by molar-refractivity contribution is 7.89. The molecule has 0 aliphatic carbocycles. The Labute approximate surface area is 181 Å². The minimum atomic E-state index is -3.39. The number of nitrogens with one attached hydrogen (secondary N) is 1. The Morgan fingerprint density at radius 1 is 1.19 bits per heavy atom. The van der Waals surface area contributed by atoms with Crippen molar-refractivity contribution in [1.29, 1.82) is 0 Å². The van der Waals surface area contributed by atoms with Gasteiger partial charge in [0.25, 0.3) is 0 Å². The third kappa shape index (κ3) is 3.24. The number of fused-ring (bicyclic) bond motifs is 2. The van der Waals surface area contributed by atoms with Crippen molar-refractivity contribution in [2.24, 2.45) is 0 Å². The number of benzene rings is 1. The lowest BCUT2D eigenvalue weighted by atomic mass is 10.0. The molecule has 32 heavy (non-hydrogen) atoms. The number of halogens is 2. The Morgan fingerprint density at radius 2 is 1.94 bits per heavy atom. The van der Waals surface area contributed by atoms with Crippen LogP contribution in [0.3, 0.4) is 0 Å².